The molecule has 0 unspecified atom stereocenters. The number of aromatic amines is 1. The molecule has 1 aromatic rings. The van der Waals surface area contributed by atoms with Crippen molar-refractivity contribution in [1.29, 1.82) is 0 Å². The van der Waals surface area contributed by atoms with Crippen molar-refractivity contribution in [2.45, 2.75) is 4.90 Å². The quantitative estimate of drug-likeness (QED) is 0.446. The number of hydrogen-bond acceptors (Lipinski definition) is 4. The fourth-order valence-corrected chi connectivity index (χ4v) is 3.87. The number of rotatable bonds is 3. The molecule has 0 fully saturated rings. The molecule has 0 aliphatic carbocycles. The maximum Gasteiger partial charge on any atom is 0.413 e. The van der Waals surface area contributed by atoms with Gasteiger partial charge in [-0.15, -0.1) is 10.2 Å². The highest BCUT2D eigenvalue weighted by Gasteiger charge is 2.27. The molecule has 0 aliphatic rings. The summed E-state index contributed by atoms with van der Waals surface area (Å²) in [7, 11) is -2.09. The van der Waals surface area contributed by atoms with E-state index in [4.69, 9.17) is 17.3 Å². The van der Waals surface area contributed by atoms with Crippen LogP contribution in [-0.4, -0.2) is 33.6 Å². The van der Waals surface area contributed by atoms with Crippen molar-refractivity contribution >= 4 is 34.3 Å². The summed E-state index contributed by atoms with van der Waals surface area (Å²) < 4.78 is 2.55. The number of pyridine rings is 1. The van der Waals surface area contributed by atoms with Crippen molar-refractivity contribution in [2.24, 2.45) is 0 Å². The van der Waals surface area contributed by atoms with E-state index in [9.17, 15) is 14.9 Å². The van der Waals surface area contributed by atoms with Gasteiger partial charge in [0.2, 0.25) is 0 Å². The largest absolute Gasteiger partial charge is 0.464 e. The van der Waals surface area contributed by atoms with Crippen LogP contribution < -0.4 is 4.72 Å². The molecule has 9 heteroatoms. The number of nitrogens with zero attached hydrogens (tertiary/aromatic N) is 1. The Morgan fingerprint density at radius 1 is 1.65 bits per heavy atom. The van der Waals surface area contributed by atoms with E-state index in [1.165, 1.54) is 12.3 Å². The zero-order valence-corrected chi connectivity index (χ0v) is 10.7. The molecule has 0 spiro atoms. The Labute approximate surface area is 103 Å². The van der Waals surface area contributed by atoms with E-state index < -0.39 is 21.2 Å². The van der Waals surface area contributed by atoms with Crippen molar-refractivity contribution in [2.75, 3.05) is 12.5 Å². The molecule has 7 nitrogen and oxygen atoms in total. The van der Waals surface area contributed by atoms with E-state index in [-0.39, 0.29) is 15.2 Å². The zero-order valence-electron chi connectivity index (χ0n) is 9.09. The minimum absolute atomic E-state index is 0.224. The SMILES string of the molecule is CS(C)(NC(=O)O)c1c([N+](=O)[O-])[nH]ccc1=S. The van der Waals surface area contributed by atoms with Crippen molar-refractivity contribution in [3.63, 3.8) is 0 Å². The average molecular weight is 277 g/mol. The second-order valence-corrected chi connectivity index (χ2v) is 7.22. The summed E-state index contributed by atoms with van der Waals surface area (Å²) in [6, 6.07) is 1.50. The number of amides is 1. The molecule has 94 valence electrons. The third-order valence-electron chi connectivity index (χ3n) is 1.93. The number of nitrogens with one attached hydrogen (secondary N) is 2. The summed E-state index contributed by atoms with van der Waals surface area (Å²) in [5, 5.41) is 19.6. The van der Waals surface area contributed by atoms with Gasteiger partial charge < -0.3 is 15.2 Å². The molecular weight excluding hydrogens is 266 g/mol. The number of carbonyl (C=O) groups is 1. The maximum absolute atomic E-state index is 10.9. The maximum atomic E-state index is 10.9. The second kappa shape index (κ2) is 4.72. The lowest BCUT2D eigenvalue weighted by molar-refractivity contribution is -0.392. The van der Waals surface area contributed by atoms with Gasteiger partial charge in [0.05, 0.1) is 10.7 Å². The van der Waals surface area contributed by atoms with Gasteiger partial charge in [-0.1, -0.05) is 12.2 Å². The van der Waals surface area contributed by atoms with Crippen LogP contribution in [0.2, 0.25) is 0 Å². The molecular formula is C8H11N3O4S2. The number of nitro groups is 1. The van der Waals surface area contributed by atoms with Crippen molar-refractivity contribution in [3.05, 3.63) is 26.9 Å². The Bertz CT molecular complexity index is 526. The number of aromatic nitrogens is 1. The Balaban J connectivity index is 3.43. The summed E-state index contributed by atoms with van der Waals surface area (Å²) in [6.45, 7) is 0. The lowest BCUT2D eigenvalue weighted by atomic mass is 10.5. The highest BCUT2D eigenvalue weighted by molar-refractivity contribution is 8.31. The Morgan fingerprint density at radius 3 is 2.71 bits per heavy atom. The topological polar surface area (TPSA) is 108 Å². The molecule has 0 bridgehead atoms. The Morgan fingerprint density at radius 2 is 2.24 bits per heavy atom. The van der Waals surface area contributed by atoms with Gasteiger partial charge in [-0.3, -0.25) is 4.72 Å². The van der Waals surface area contributed by atoms with Gasteiger partial charge in [-0.05, 0) is 23.5 Å². The minimum Gasteiger partial charge on any atom is -0.464 e. The van der Waals surface area contributed by atoms with Gasteiger partial charge in [-0.25, -0.2) is 9.78 Å². The number of carboxylic acid groups (broad SMARTS) is 1. The van der Waals surface area contributed by atoms with E-state index in [1.54, 1.807) is 12.5 Å². The fourth-order valence-electron chi connectivity index (χ4n) is 1.35. The van der Waals surface area contributed by atoms with Gasteiger partial charge in [-0.2, -0.15) is 0 Å². The number of hydrogen-bond donors (Lipinski definition) is 3. The van der Waals surface area contributed by atoms with Crippen LogP contribution in [0, 0.1) is 14.6 Å². The van der Waals surface area contributed by atoms with Crippen LogP contribution in [0.5, 0.6) is 0 Å². The van der Waals surface area contributed by atoms with E-state index >= 15 is 0 Å². The molecule has 1 aromatic heterocycles. The molecule has 0 saturated heterocycles. The van der Waals surface area contributed by atoms with Crippen molar-refractivity contribution in [3.8, 4) is 0 Å². The molecule has 1 heterocycles. The normalized spacial score (nSPS) is 11.9. The van der Waals surface area contributed by atoms with E-state index in [2.05, 4.69) is 9.71 Å². The second-order valence-electron chi connectivity index (χ2n) is 3.51. The average Bonchev–Trinajstić information content (AvgIpc) is 2.14. The third kappa shape index (κ3) is 2.94. The molecule has 0 saturated carbocycles. The summed E-state index contributed by atoms with van der Waals surface area (Å²) >= 11 is 5.02. The third-order valence-corrected chi connectivity index (χ3v) is 4.52. The van der Waals surface area contributed by atoms with Gasteiger partial charge >= 0.3 is 11.9 Å². The summed E-state index contributed by atoms with van der Waals surface area (Å²) in [5.74, 6) is -0.272. The molecule has 0 aliphatic heterocycles. The van der Waals surface area contributed by atoms with E-state index in [0.29, 0.717) is 0 Å². The zero-order chi connectivity index (χ0) is 13.2. The first kappa shape index (κ1) is 13.5. The van der Waals surface area contributed by atoms with Crippen LogP contribution in [0.3, 0.4) is 0 Å². The van der Waals surface area contributed by atoms with E-state index in [0.717, 1.165) is 0 Å². The minimum atomic E-state index is -2.09. The highest BCUT2D eigenvalue weighted by atomic mass is 32.3. The standard InChI is InChI=1S/C8H11N3O4S2/c1-17(2,10-8(12)13)6-5(16)3-4-9-7(6)11(14)15/h3-4,10H,1-2H3,(H,9,16)(H,12,13). The lowest BCUT2D eigenvalue weighted by Crippen LogP contribution is -2.25. The van der Waals surface area contributed by atoms with Crippen LogP contribution in [0.15, 0.2) is 17.2 Å². The van der Waals surface area contributed by atoms with Crippen LogP contribution in [0.25, 0.3) is 0 Å². The predicted octanol–water partition coefficient (Wildman–Crippen LogP) is 2.26. The van der Waals surface area contributed by atoms with Crippen LogP contribution in [-0.2, 0) is 0 Å². The summed E-state index contributed by atoms with van der Waals surface area (Å²) in [6.07, 6.45) is 3.30. The molecule has 1 rings (SSSR count). The monoisotopic (exact) mass is 277 g/mol. The smallest absolute Gasteiger partial charge is 0.413 e. The van der Waals surface area contributed by atoms with Gasteiger partial charge in [0, 0.05) is 0 Å². The molecule has 0 atom stereocenters. The molecule has 0 radical (unpaired) electrons. The predicted molar refractivity (Wildman–Crippen MR) is 67.1 cm³/mol. The Kier molecular flexibility index (Phi) is 3.73. The lowest BCUT2D eigenvalue weighted by Gasteiger charge is -2.30. The van der Waals surface area contributed by atoms with Crippen LogP contribution in [0.1, 0.15) is 0 Å². The number of H-pyrrole nitrogens is 1. The Hall–Kier alpha value is -1.61. The first-order valence-electron chi connectivity index (χ1n) is 4.36. The molecule has 3 N–H and O–H groups in total. The van der Waals surface area contributed by atoms with Gasteiger partial charge in [0.15, 0.2) is 0 Å². The van der Waals surface area contributed by atoms with Crippen LogP contribution in [0.4, 0.5) is 10.6 Å². The first-order chi connectivity index (χ1) is 7.75. The van der Waals surface area contributed by atoms with Gasteiger partial charge in [0.25, 0.3) is 0 Å². The molecule has 17 heavy (non-hydrogen) atoms. The van der Waals surface area contributed by atoms with Crippen molar-refractivity contribution in [1.82, 2.24) is 9.71 Å². The summed E-state index contributed by atoms with van der Waals surface area (Å²) in [4.78, 5) is 23.6. The summed E-state index contributed by atoms with van der Waals surface area (Å²) in [5.41, 5.74) is 0. The van der Waals surface area contributed by atoms with Gasteiger partial charge in [0.1, 0.15) is 4.90 Å². The first-order valence-corrected chi connectivity index (χ1v) is 7.21. The van der Waals surface area contributed by atoms with Crippen LogP contribution >= 0.6 is 22.4 Å². The molecule has 0 aromatic carbocycles. The fraction of sp³-hybridized carbons (Fsp3) is 0.250. The van der Waals surface area contributed by atoms with E-state index in [1.807, 2.05) is 0 Å². The molecule has 1 amide bonds. The van der Waals surface area contributed by atoms with Crippen molar-refractivity contribution < 1.29 is 14.8 Å². The highest BCUT2D eigenvalue weighted by Crippen LogP contribution is 2.49.